The second kappa shape index (κ2) is 13.6. The molecule has 0 aliphatic rings. The number of benzene rings is 6. The highest BCUT2D eigenvalue weighted by molar-refractivity contribution is 7.86. The zero-order valence-electron chi connectivity index (χ0n) is 26.1. The molecule has 0 spiro atoms. The summed E-state index contributed by atoms with van der Waals surface area (Å²) in [5.41, 5.74) is 5.30. The van der Waals surface area contributed by atoms with Crippen molar-refractivity contribution in [1.29, 1.82) is 0 Å². The average molecular weight is 742 g/mol. The average Bonchev–Trinajstić information content (AvgIpc) is 3.10. The van der Waals surface area contributed by atoms with E-state index in [1.54, 1.807) is 54.6 Å². The highest BCUT2D eigenvalue weighted by Gasteiger charge is 2.28. The first-order valence-electron chi connectivity index (χ1n) is 14.6. The van der Waals surface area contributed by atoms with E-state index in [0.29, 0.717) is 28.2 Å². The van der Waals surface area contributed by atoms with Crippen molar-refractivity contribution >= 4 is 87.6 Å². The number of hydrogen-bond acceptors (Lipinski definition) is 14. The molecule has 17 nitrogen and oxygen atoms in total. The lowest BCUT2D eigenvalue weighted by atomic mass is 10.0. The minimum Gasteiger partial charge on any atom is -0.507 e. The van der Waals surface area contributed by atoms with Crippen LogP contribution in [0.25, 0.3) is 21.5 Å². The summed E-state index contributed by atoms with van der Waals surface area (Å²) in [5, 5.41) is 54.6. The molecular weight excluding hydrogens is 719 g/mol. The number of carboxylic acid groups (broad SMARTS) is 1. The maximum absolute atomic E-state index is 12.6. The fourth-order valence-electron chi connectivity index (χ4n) is 5.12. The summed E-state index contributed by atoms with van der Waals surface area (Å²) in [6.45, 7) is 0. The van der Waals surface area contributed by atoms with Crippen LogP contribution in [0.5, 0.6) is 11.5 Å². The molecule has 0 fully saturated rings. The standard InChI is InChI=1S/C33H23N7O10S2/c34-30-25(39-35-17-6-2-1-3-7-17)16-27(51(45,46)47)22-15-28(52(48,49)50)31(32(42)29(22)30)40-38-24-12-11-23(19-8-4-5-9-20(19)24)37-36-18-10-13-26(41)21(14-18)33(43)44/h1-16,41-42H,34H2,(H,43,44)(H,45,46,47)(H,48,49,50). The van der Waals surface area contributed by atoms with E-state index in [4.69, 9.17) is 5.73 Å². The molecule has 0 aromatic heterocycles. The van der Waals surface area contributed by atoms with Crippen molar-refractivity contribution in [3.8, 4) is 11.5 Å². The molecule has 0 amide bonds. The Hall–Kier alpha value is -6.67. The molecule has 6 aromatic carbocycles. The number of azo groups is 3. The van der Waals surface area contributed by atoms with Gasteiger partial charge < -0.3 is 21.1 Å². The zero-order valence-corrected chi connectivity index (χ0v) is 27.7. The third kappa shape index (κ3) is 7.00. The van der Waals surface area contributed by atoms with Crippen LogP contribution in [0.15, 0.2) is 138 Å². The van der Waals surface area contributed by atoms with Gasteiger partial charge >= 0.3 is 5.97 Å². The first kappa shape index (κ1) is 35.2. The molecule has 19 heteroatoms. The van der Waals surface area contributed by atoms with Crippen LogP contribution in [-0.4, -0.2) is 47.2 Å². The predicted octanol–water partition coefficient (Wildman–Crippen LogP) is 8.42. The number of aromatic hydroxyl groups is 2. The maximum Gasteiger partial charge on any atom is 0.339 e. The number of phenols is 2. The van der Waals surface area contributed by atoms with Gasteiger partial charge in [-0.25, -0.2) is 4.79 Å². The number of nitrogens with two attached hydrogens (primary N) is 1. The van der Waals surface area contributed by atoms with Gasteiger partial charge in [0.1, 0.15) is 32.5 Å². The lowest BCUT2D eigenvalue weighted by molar-refractivity contribution is 0.0693. The van der Waals surface area contributed by atoms with Crippen molar-refractivity contribution in [3.05, 3.63) is 103 Å². The minimum atomic E-state index is -5.23. The largest absolute Gasteiger partial charge is 0.507 e. The van der Waals surface area contributed by atoms with Crippen LogP contribution >= 0.6 is 0 Å². The van der Waals surface area contributed by atoms with Crippen molar-refractivity contribution in [3.63, 3.8) is 0 Å². The lowest BCUT2D eigenvalue weighted by Gasteiger charge is -2.14. The van der Waals surface area contributed by atoms with Gasteiger partial charge in [0.2, 0.25) is 0 Å². The Morgan fingerprint density at radius 3 is 1.73 bits per heavy atom. The van der Waals surface area contributed by atoms with Gasteiger partial charge in [0.25, 0.3) is 20.2 Å². The number of carbonyl (C=O) groups is 1. The first-order valence-corrected chi connectivity index (χ1v) is 17.5. The lowest BCUT2D eigenvalue weighted by Crippen LogP contribution is -2.04. The van der Waals surface area contributed by atoms with Gasteiger partial charge in [0.05, 0.1) is 33.8 Å². The third-order valence-corrected chi connectivity index (χ3v) is 9.28. The molecule has 7 N–H and O–H groups in total. The third-order valence-electron chi connectivity index (χ3n) is 7.52. The van der Waals surface area contributed by atoms with Gasteiger partial charge in [-0.15, -0.1) is 20.5 Å². The number of rotatable bonds is 9. The second-order valence-corrected chi connectivity index (χ2v) is 13.6. The molecular formula is C33H23N7O10S2. The van der Waals surface area contributed by atoms with Crippen molar-refractivity contribution in [1.82, 2.24) is 0 Å². The summed E-state index contributed by atoms with van der Waals surface area (Å²) in [5.74, 6) is -2.82. The van der Waals surface area contributed by atoms with Crippen LogP contribution in [0, 0.1) is 0 Å². The molecule has 6 aromatic rings. The Kier molecular flexibility index (Phi) is 9.17. The number of carboxylic acids is 1. The molecule has 52 heavy (non-hydrogen) atoms. The van der Waals surface area contributed by atoms with Crippen LogP contribution in [0.1, 0.15) is 10.4 Å². The fraction of sp³-hybridized carbons (Fsp3) is 0. The Bertz CT molecular complexity index is 2760. The summed E-state index contributed by atoms with van der Waals surface area (Å²) in [6.07, 6.45) is 0. The first-order chi connectivity index (χ1) is 24.6. The Morgan fingerprint density at radius 2 is 1.13 bits per heavy atom. The van der Waals surface area contributed by atoms with E-state index < -0.39 is 64.0 Å². The van der Waals surface area contributed by atoms with Crippen LogP contribution in [0.4, 0.5) is 39.8 Å². The van der Waals surface area contributed by atoms with Gasteiger partial charge in [-0.1, -0.05) is 42.5 Å². The predicted molar refractivity (Wildman–Crippen MR) is 188 cm³/mol. The van der Waals surface area contributed by atoms with Crippen molar-refractivity contribution < 1.29 is 46.1 Å². The molecule has 0 saturated carbocycles. The topological polar surface area (TPSA) is 287 Å². The molecule has 0 aliphatic heterocycles. The van der Waals surface area contributed by atoms with Gasteiger partial charge in [-0.3, -0.25) is 9.11 Å². The van der Waals surface area contributed by atoms with Crippen LogP contribution in [0.2, 0.25) is 0 Å². The number of nitrogens with zero attached hydrogens (tertiary/aromatic N) is 6. The fourth-order valence-corrected chi connectivity index (χ4v) is 6.47. The molecule has 0 bridgehead atoms. The molecule has 0 aliphatic carbocycles. The summed E-state index contributed by atoms with van der Waals surface area (Å²) in [6, 6.07) is 22.9. The van der Waals surface area contributed by atoms with Gasteiger partial charge in [-0.2, -0.15) is 27.1 Å². The van der Waals surface area contributed by atoms with Gasteiger partial charge in [-0.05, 0) is 54.6 Å². The maximum atomic E-state index is 12.6. The van der Waals surface area contributed by atoms with E-state index in [2.05, 4.69) is 30.7 Å². The Balaban J connectivity index is 1.50. The quantitative estimate of drug-likeness (QED) is 0.0464. The van der Waals surface area contributed by atoms with E-state index in [9.17, 15) is 46.1 Å². The molecule has 0 radical (unpaired) electrons. The summed E-state index contributed by atoms with van der Waals surface area (Å²) in [7, 11) is -10.3. The second-order valence-electron chi connectivity index (χ2n) is 10.8. The summed E-state index contributed by atoms with van der Waals surface area (Å²) in [4.78, 5) is 9.42. The normalized spacial score (nSPS) is 12.5. The van der Waals surface area contributed by atoms with Gasteiger partial charge in [0.15, 0.2) is 5.75 Å². The van der Waals surface area contributed by atoms with Crippen LogP contribution in [-0.2, 0) is 20.2 Å². The summed E-state index contributed by atoms with van der Waals surface area (Å²) >= 11 is 0. The zero-order chi connectivity index (χ0) is 37.4. The van der Waals surface area contributed by atoms with E-state index in [1.165, 1.54) is 18.2 Å². The molecule has 262 valence electrons. The van der Waals surface area contributed by atoms with Crippen molar-refractivity contribution in [2.75, 3.05) is 5.73 Å². The SMILES string of the molecule is Nc1c(N=Nc2ccccc2)cc(S(=O)(=O)O)c2cc(S(=O)(=O)O)c(N=Nc3ccc(N=Nc4ccc(O)c(C(=O)O)c4)c4ccccc34)c(O)c12. The smallest absolute Gasteiger partial charge is 0.339 e. The number of phenolic OH excluding ortho intramolecular Hbond substituents is 1. The Morgan fingerprint density at radius 1 is 0.577 bits per heavy atom. The Labute approximate surface area is 293 Å². The molecule has 6 rings (SSSR count). The highest BCUT2D eigenvalue weighted by Crippen LogP contribution is 2.48. The molecule has 0 saturated heterocycles. The van der Waals surface area contributed by atoms with E-state index in [-0.39, 0.29) is 28.3 Å². The van der Waals surface area contributed by atoms with Gasteiger partial charge in [0, 0.05) is 16.2 Å². The number of nitrogen functional groups attached to an aromatic ring is 1. The number of aromatic carboxylic acids is 1. The number of anilines is 1. The molecule has 0 heterocycles. The van der Waals surface area contributed by atoms with Crippen LogP contribution < -0.4 is 5.73 Å². The molecule has 0 unspecified atom stereocenters. The number of hydrogen-bond donors (Lipinski definition) is 6. The van der Waals surface area contributed by atoms with E-state index in [0.717, 1.165) is 18.2 Å². The van der Waals surface area contributed by atoms with E-state index in [1.807, 2.05) is 0 Å². The van der Waals surface area contributed by atoms with Crippen molar-refractivity contribution in [2.24, 2.45) is 30.7 Å². The van der Waals surface area contributed by atoms with E-state index >= 15 is 0 Å². The van der Waals surface area contributed by atoms with Crippen molar-refractivity contribution in [2.45, 2.75) is 9.79 Å². The monoisotopic (exact) mass is 741 g/mol. The summed E-state index contributed by atoms with van der Waals surface area (Å²) < 4.78 is 70.2. The van der Waals surface area contributed by atoms with Crippen LogP contribution in [0.3, 0.4) is 0 Å². The minimum absolute atomic E-state index is 0.116. The molecule has 0 atom stereocenters. The number of fused-ring (bicyclic) bond motifs is 2. The highest BCUT2D eigenvalue weighted by atomic mass is 32.2.